The molecule has 1 aromatic rings. The van der Waals surface area contributed by atoms with E-state index >= 15 is 0 Å². The molecule has 2 amide bonds. The van der Waals surface area contributed by atoms with E-state index in [1.54, 1.807) is 17.0 Å². The molecule has 176 valence electrons. The van der Waals surface area contributed by atoms with Gasteiger partial charge in [-0.3, -0.25) is 19.8 Å². The van der Waals surface area contributed by atoms with E-state index in [0.717, 1.165) is 5.56 Å². The van der Waals surface area contributed by atoms with Crippen molar-refractivity contribution >= 4 is 23.4 Å². The minimum atomic E-state index is -0.519. The van der Waals surface area contributed by atoms with Crippen molar-refractivity contribution in [2.75, 3.05) is 44.2 Å². The Morgan fingerprint density at radius 1 is 1.12 bits per heavy atom. The van der Waals surface area contributed by atoms with Crippen LogP contribution in [0, 0.1) is 16.0 Å². The number of amides is 2. The normalized spacial score (nSPS) is 18.5. The highest BCUT2D eigenvalue weighted by Gasteiger charge is 2.29. The molecule has 32 heavy (non-hydrogen) atoms. The number of hydrogen-bond donors (Lipinski definition) is 1. The minimum absolute atomic E-state index is 0.0704. The summed E-state index contributed by atoms with van der Waals surface area (Å²) >= 11 is 0. The largest absolute Gasteiger partial charge is 0.444 e. The van der Waals surface area contributed by atoms with Gasteiger partial charge in [0.2, 0.25) is 5.91 Å². The number of nitrogens with zero attached hydrogens (tertiary/aromatic N) is 4. The molecule has 0 saturated carbocycles. The van der Waals surface area contributed by atoms with Gasteiger partial charge in [0.05, 0.1) is 4.92 Å². The Bertz CT molecular complexity index is 853. The molecule has 1 aromatic carbocycles. The SMILES string of the molecule is CC(C)(C)OC(=O)N1CCN(Cc2ccc([N+](=O)[O-])c(N3CCC(C(N)=O)CC3)c2)CC1. The minimum Gasteiger partial charge on any atom is -0.444 e. The molecular weight excluding hydrogens is 414 g/mol. The quantitative estimate of drug-likeness (QED) is 0.543. The van der Waals surface area contributed by atoms with Gasteiger partial charge in [-0.25, -0.2) is 4.79 Å². The van der Waals surface area contributed by atoms with Gasteiger partial charge in [-0.1, -0.05) is 6.07 Å². The number of nitro groups is 1. The zero-order chi connectivity index (χ0) is 23.5. The van der Waals surface area contributed by atoms with Crippen LogP contribution in [0.5, 0.6) is 0 Å². The zero-order valence-electron chi connectivity index (χ0n) is 19.1. The predicted molar refractivity (Wildman–Crippen MR) is 120 cm³/mol. The lowest BCUT2D eigenvalue weighted by atomic mass is 9.95. The maximum atomic E-state index is 12.3. The van der Waals surface area contributed by atoms with E-state index in [1.165, 1.54) is 0 Å². The molecule has 2 N–H and O–H groups in total. The van der Waals surface area contributed by atoms with E-state index in [0.29, 0.717) is 64.3 Å². The smallest absolute Gasteiger partial charge is 0.410 e. The summed E-state index contributed by atoms with van der Waals surface area (Å²) < 4.78 is 5.44. The zero-order valence-corrected chi connectivity index (χ0v) is 19.1. The van der Waals surface area contributed by atoms with Crippen LogP contribution in [0.4, 0.5) is 16.2 Å². The Hall–Kier alpha value is -2.88. The van der Waals surface area contributed by atoms with E-state index in [1.807, 2.05) is 31.7 Å². The number of nitro benzene ring substituents is 1. The summed E-state index contributed by atoms with van der Waals surface area (Å²) in [6.07, 6.45) is 0.904. The molecule has 2 saturated heterocycles. The first-order valence-corrected chi connectivity index (χ1v) is 11.1. The van der Waals surface area contributed by atoms with Crippen LogP contribution >= 0.6 is 0 Å². The van der Waals surface area contributed by atoms with Gasteiger partial charge in [0, 0.05) is 57.8 Å². The summed E-state index contributed by atoms with van der Waals surface area (Å²) in [5.74, 6) is -0.479. The molecule has 2 heterocycles. The maximum Gasteiger partial charge on any atom is 0.410 e. The maximum absolute atomic E-state index is 12.3. The van der Waals surface area contributed by atoms with Crippen LogP contribution in [-0.2, 0) is 16.1 Å². The number of ether oxygens (including phenoxy) is 1. The second-order valence-electron chi connectivity index (χ2n) is 9.49. The molecule has 10 heteroatoms. The second-order valence-corrected chi connectivity index (χ2v) is 9.49. The topological polar surface area (TPSA) is 122 Å². The van der Waals surface area contributed by atoms with E-state index in [-0.39, 0.29) is 28.5 Å². The number of rotatable bonds is 5. The summed E-state index contributed by atoms with van der Waals surface area (Å²) in [5, 5.41) is 11.6. The van der Waals surface area contributed by atoms with Crippen LogP contribution in [0.15, 0.2) is 18.2 Å². The average Bonchev–Trinajstić information content (AvgIpc) is 2.73. The van der Waals surface area contributed by atoms with Crippen LogP contribution in [0.3, 0.4) is 0 Å². The average molecular weight is 448 g/mol. The second kappa shape index (κ2) is 9.72. The van der Waals surface area contributed by atoms with Crippen molar-refractivity contribution < 1.29 is 19.2 Å². The van der Waals surface area contributed by atoms with Gasteiger partial charge in [-0.15, -0.1) is 0 Å². The number of nitrogens with two attached hydrogens (primary N) is 1. The van der Waals surface area contributed by atoms with Gasteiger partial charge in [-0.2, -0.15) is 0 Å². The molecule has 2 aliphatic rings. The predicted octanol–water partition coefficient (Wildman–Crippen LogP) is 2.35. The molecule has 0 unspecified atom stereocenters. The first-order chi connectivity index (χ1) is 15.0. The fraction of sp³-hybridized carbons (Fsp3) is 0.636. The number of benzene rings is 1. The van der Waals surface area contributed by atoms with Crippen molar-refractivity contribution in [3.8, 4) is 0 Å². The van der Waals surface area contributed by atoms with Crippen LogP contribution in [-0.4, -0.2) is 71.6 Å². The molecule has 2 fully saturated rings. The number of hydrogen-bond acceptors (Lipinski definition) is 7. The number of carbonyl (C=O) groups excluding carboxylic acids is 2. The third-order valence-electron chi connectivity index (χ3n) is 5.90. The van der Waals surface area contributed by atoms with Gasteiger partial charge >= 0.3 is 6.09 Å². The Balaban J connectivity index is 1.63. The molecule has 0 spiro atoms. The Labute approximate surface area is 188 Å². The number of anilines is 1. The van der Waals surface area contributed by atoms with Crippen molar-refractivity contribution in [2.45, 2.75) is 45.8 Å². The van der Waals surface area contributed by atoms with Crippen molar-refractivity contribution in [2.24, 2.45) is 11.7 Å². The Morgan fingerprint density at radius 2 is 1.75 bits per heavy atom. The molecular formula is C22H33N5O5. The van der Waals surface area contributed by atoms with Gasteiger partial charge < -0.3 is 20.3 Å². The number of piperidine rings is 1. The van der Waals surface area contributed by atoms with Crippen molar-refractivity contribution in [3.05, 3.63) is 33.9 Å². The Morgan fingerprint density at radius 3 is 2.28 bits per heavy atom. The third kappa shape index (κ3) is 6.09. The van der Waals surface area contributed by atoms with Gasteiger partial charge in [-0.05, 0) is 45.2 Å². The summed E-state index contributed by atoms with van der Waals surface area (Å²) in [6, 6.07) is 5.22. The lowest BCUT2D eigenvalue weighted by Crippen LogP contribution is -2.49. The van der Waals surface area contributed by atoms with Crippen molar-refractivity contribution in [1.82, 2.24) is 9.80 Å². The number of carbonyl (C=O) groups is 2. The lowest BCUT2D eigenvalue weighted by molar-refractivity contribution is -0.384. The fourth-order valence-corrected chi connectivity index (χ4v) is 4.15. The van der Waals surface area contributed by atoms with E-state index in [9.17, 15) is 19.7 Å². The van der Waals surface area contributed by atoms with E-state index < -0.39 is 5.60 Å². The van der Waals surface area contributed by atoms with Crippen LogP contribution in [0.2, 0.25) is 0 Å². The molecule has 0 aromatic heterocycles. The summed E-state index contributed by atoms with van der Waals surface area (Å²) in [6.45, 7) is 9.89. The molecule has 0 radical (unpaired) electrons. The molecule has 0 aliphatic carbocycles. The van der Waals surface area contributed by atoms with E-state index in [2.05, 4.69) is 4.90 Å². The van der Waals surface area contributed by atoms with Crippen LogP contribution in [0.1, 0.15) is 39.2 Å². The van der Waals surface area contributed by atoms with Crippen LogP contribution in [0.25, 0.3) is 0 Å². The standard InChI is InChI=1S/C22H33N5O5/c1-22(2,3)32-21(29)26-12-10-24(11-13-26)15-16-4-5-18(27(30)31)19(14-16)25-8-6-17(7-9-25)20(23)28/h4-5,14,17H,6-13,15H2,1-3H3,(H2,23,28). The number of piperazine rings is 1. The highest BCUT2D eigenvalue weighted by molar-refractivity contribution is 5.77. The summed E-state index contributed by atoms with van der Waals surface area (Å²) in [5.41, 5.74) is 6.53. The monoisotopic (exact) mass is 447 g/mol. The molecule has 10 nitrogen and oxygen atoms in total. The van der Waals surface area contributed by atoms with Gasteiger partial charge in [0.15, 0.2) is 0 Å². The molecule has 0 atom stereocenters. The highest BCUT2D eigenvalue weighted by atomic mass is 16.6. The molecule has 3 rings (SSSR count). The van der Waals surface area contributed by atoms with E-state index in [4.69, 9.17) is 10.5 Å². The van der Waals surface area contributed by atoms with Crippen molar-refractivity contribution in [3.63, 3.8) is 0 Å². The number of primary amides is 1. The first kappa shape index (κ1) is 23.8. The Kier molecular flexibility index (Phi) is 7.22. The highest BCUT2D eigenvalue weighted by Crippen LogP contribution is 2.33. The molecule has 2 aliphatic heterocycles. The van der Waals surface area contributed by atoms with Gasteiger partial charge in [0.1, 0.15) is 11.3 Å². The molecule has 0 bridgehead atoms. The van der Waals surface area contributed by atoms with Crippen molar-refractivity contribution in [1.29, 1.82) is 0 Å². The lowest BCUT2D eigenvalue weighted by Gasteiger charge is -2.36. The fourth-order valence-electron chi connectivity index (χ4n) is 4.15. The summed E-state index contributed by atoms with van der Waals surface area (Å²) in [7, 11) is 0. The van der Waals surface area contributed by atoms with Gasteiger partial charge in [0.25, 0.3) is 5.69 Å². The summed E-state index contributed by atoms with van der Waals surface area (Å²) in [4.78, 5) is 40.8. The third-order valence-corrected chi connectivity index (χ3v) is 5.90. The van der Waals surface area contributed by atoms with Crippen LogP contribution < -0.4 is 10.6 Å². The first-order valence-electron chi connectivity index (χ1n) is 11.1.